The molecular formula is C10H13N5O. The fourth-order valence-corrected chi connectivity index (χ4v) is 0.925. The van der Waals surface area contributed by atoms with Crippen molar-refractivity contribution < 1.29 is 4.79 Å². The molecule has 0 spiro atoms. The molecule has 0 radical (unpaired) electrons. The molecule has 0 saturated carbocycles. The maximum atomic E-state index is 11.4. The summed E-state index contributed by atoms with van der Waals surface area (Å²) in [6, 6.07) is 4.99. The predicted molar refractivity (Wildman–Crippen MR) is 63.1 cm³/mol. The maximum absolute atomic E-state index is 11.4. The van der Waals surface area contributed by atoms with E-state index >= 15 is 0 Å². The second-order valence-corrected chi connectivity index (χ2v) is 3.19. The lowest BCUT2D eigenvalue weighted by Gasteiger charge is -2.02. The van der Waals surface area contributed by atoms with Gasteiger partial charge in [0.05, 0.1) is 6.34 Å². The summed E-state index contributed by atoms with van der Waals surface area (Å²) in [5, 5.41) is 3.28. The van der Waals surface area contributed by atoms with Crippen molar-refractivity contribution in [1.82, 2.24) is 15.3 Å². The number of nitrogens with zero attached hydrogens (tertiary/aromatic N) is 4. The molecule has 0 bridgehead atoms. The Morgan fingerprint density at radius 2 is 2.31 bits per heavy atom. The van der Waals surface area contributed by atoms with Crippen LogP contribution >= 0.6 is 0 Å². The summed E-state index contributed by atoms with van der Waals surface area (Å²) in [6.45, 7) is 3.16. The van der Waals surface area contributed by atoms with Gasteiger partial charge in [0, 0.05) is 20.8 Å². The lowest BCUT2D eigenvalue weighted by molar-refractivity contribution is 0.0950. The number of aliphatic imine (C=N–C) groups is 1. The number of hydrazone groups is 1. The van der Waals surface area contributed by atoms with E-state index in [0.29, 0.717) is 5.82 Å². The Kier molecular flexibility index (Phi) is 4.14. The zero-order valence-corrected chi connectivity index (χ0v) is 9.21. The van der Waals surface area contributed by atoms with E-state index in [0.717, 1.165) is 0 Å². The average molecular weight is 219 g/mol. The number of carbonyl (C=O) groups is 1. The second-order valence-electron chi connectivity index (χ2n) is 3.19. The SMILES string of the molecule is C=NNC(=O)c1cccc(N=CN(C)C)n1. The van der Waals surface area contributed by atoms with Crippen LogP contribution < -0.4 is 5.43 Å². The largest absolute Gasteiger partial charge is 0.369 e. The van der Waals surface area contributed by atoms with Crippen LogP contribution in [0, 0.1) is 0 Å². The third-order valence-corrected chi connectivity index (χ3v) is 1.57. The van der Waals surface area contributed by atoms with E-state index in [9.17, 15) is 4.79 Å². The molecule has 1 heterocycles. The first-order chi connectivity index (χ1) is 7.63. The smallest absolute Gasteiger partial charge is 0.290 e. The monoisotopic (exact) mass is 219 g/mol. The molecule has 1 aromatic rings. The Labute approximate surface area is 93.7 Å². The maximum Gasteiger partial charge on any atom is 0.290 e. The van der Waals surface area contributed by atoms with E-state index in [1.165, 1.54) is 0 Å². The summed E-state index contributed by atoms with van der Waals surface area (Å²) < 4.78 is 0. The van der Waals surface area contributed by atoms with Gasteiger partial charge in [-0.05, 0) is 12.1 Å². The molecule has 0 aliphatic heterocycles. The first-order valence-corrected chi connectivity index (χ1v) is 4.57. The van der Waals surface area contributed by atoms with Gasteiger partial charge in [-0.25, -0.2) is 15.4 Å². The Morgan fingerprint density at radius 1 is 1.56 bits per heavy atom. The van der Waals surface area contributed by atoms with Crippen molar-refractivity contribution in [2.75, 3.05) is 14.1 Å². The predicted octanol–water partition coefficient (Wildman–Crippen LogP) is 0.648. The van der Waals surface area contributed by atoms with Gasteiger partial charge in [-0.15, -0.1) is 0 Å². The molecule has 1 N–H and O–H groups in total. The highest BCUT2D eigenvalue weighted by atomic mass is 16.2. The highest BCUT2D eigenvalue weighted by Gasteiger charge is 2.05. The molecule has 6 nitrogen and oxygen atoms in total. The van der Waals surface area contributed by atoms with Gasteiger partial charge < -0.3 is 4.90 Å². The van der Waals surface area contributed by atoms with Crippen LogP contribution in [0.25, 0.3) is 0 Å². The minimum absolute atomic E-state index is 0.251. The van der Waals surface area contributed by atoms with Crippen molar-refractivity contribution in [3.63, 3.8) is 0 Å². The number of aromatic nitrogens is 1. The number of hydrogen-bond donors (Lipinski definition) is 1. The molecule has 1 aromatic heterocycles. The fourth-order valence-electron chi connectivity index (χ4n) is 0.925. The lowest BCUT2D eigenvalue weighted by atomic mass is 10.3. The highest BCUT2D eigenvalue weighted by molar-refractivity contribution is 5.92. The van der Waals surface area contributed by atoms with Crippen molar-refractivity contribution in [1.29, 1.82) is 0 Å². The van der Waals surface area contributed by atoms with Gasteiger partial charge >= 0.3 is 0 Å². The van der Waals surface area contributed by atoms with Crippen molar-refractivity contribution >= 4 is 24.8 Å². The Bertz CT molecular complexity index is 413. The van der Waals surface area contributed by atoms with Gasteiger partial charge in [0.25, 0.3) is 5.91 Å². The number of carbonyl (C=O) groups excluding carboxylic acids is 1. The van der Waals surface area contributed by atoms with Crippen LogP contribution in [0.5, 0.6) is 0 Å². The molecule has 0 fully saturated rings. The van der Waals surface area contributed by atoms with Crippen LogP contribution in [-0.2, 0) is 0 Å². The number of amides is 1. The number of rotatable bonds is 4. The minimum Gasteiger partial charge on any atom is -0.369 e. The molecular weight excluding hydrogens is 206 g/mol. The third-order valence-electron chi connectivity index (χ3n) is 1.57. The zero-order valence-electron chi connectivity index (χ0n) is 9.21. The number of pyridine rings is 1. The topological polar surface area (TPSA) is 70.0 Å². The summed E-state index contributed by atoms with van der Waals surface area (Å²) >= 11 is 0. The van der Waals surface area contributed by atoms with E-state index in [1.54, 1.807) is 29.4 Å². The average Bonchev–Trinajstić information content (AvgIpc) is 2.27. The van der Waals surface area contributed by atoms with E-state index in [1.807, 2.05) is 14.1 Å². The Hall–Kier alpha value is -2.24. The Balaban J connectivity index is 2.86. The van der Waals surface area contributed by atoms with Crippen LogP contribution in [0.1, 0.15) is 10.5 Å². The molecule has 1 rings (SSSR count). The second kappa shape index (κ2) is 5.59. The first kappa shape index (κ1) is 11.8. The highest BCUT2D eigenvalue weighted by Crippen LogP contribution is 2.07. The van der Waals surface area contributed by atoms with E-state index in [4.69, 9.17) is 0 Å². The van der Waals surface area contributed by atoms with Gasteiger partial charge in [0.1, 0.15) is 5.69 Å². The van der Waals surface area contributed by atoms with Gasteiger partial charge in [-0.2, -0.15) is 5.10 Å². The van der Waals surface area contributed by atoms with Crippen molar-refractivity contribution in [3.05, 3.63) is 23.9 Å². The van der Waals surface area contributed by atoms with Crippen LogP contribution in [0.3, 0.4) is 0 Å². The molecule has 0 aliphatic carbocycles. The lowest BCUT2D eigenvalue weighted by Crippen LogP contribution is -2.17. The van der Waals surface area contributed by atoms with Crippen molar-refractivity contribution in [2.45, 2.75) is 0 Å². The van der Waals surface area contributed by atoms with Crippen LogP contribution in [-0.4, -0.2) is 42.9 Å². The third kappa shape index (κ3) is 3.49. The summed E-state index contributed by atoms with van der Waals surface area (Å²) in [6.07, 6.45) is 1.61. The zero-order chi connectivity index (χ0) is 12.0. The van der Waals surface area contributed by atoms with Crippen molar-refractivity contribution in [3.8, 4) is 0 Å². The summed E-state index contributed by atoms with van der Waals surface area (Å²) in [5.41, 5.74) is 2.45. The van der Waals surface area contributed by atoms with Crippen molar-refractivity contribution in [2.24, 2.45) is 10.1 Å². The summed E-state index contributed by atoms with van der Waals surface area (Å²) in [7, 11) is 3.70. The van der Waals surface area contributed by atoms with E-state index in [2.05, 4.69) is 27.2 Å². The molecule has 84 valence electrons. The molecule has 0 aromatic carbocycles. The number of hydrogen-bond acceptors (Lipinski definition) is 4. The number of nitrogens with one attached hydrogen (secondary N) is 1. The molecule has 1 amide bonds. The van der Waals surface area contributed by atoms with Crippen LogP contribution in [0.2, 0.25) is 0 Å². The molecule has 16 heavy (non-hydrogen) atoms. The fraction of sp³-hybridized carbons (Fsp3) is 0.200. The minimum atomic E-state index is -0.406. The molecule has 0 unspecified atom stereocenters. The van der Waals surface area contributed by atoms with Gasteiger partial charge in [-0.3, -0.25) is 4.79 Å². The summed E-state index contributed by atoms with van der Waals surface area (Å²) in [4.78, 5) is 21.3. The summed E-state index contributed by atoms with van der Waals surface area (Å²) in [5.74, 6) is 0.0577. The molecule has 0 aliphatic rings. The quantitative estimate of drug-likeness (QED) is 0.459. The van der Waals surface area contributed by atoms with Gasteiger partial charge in [0.2, 0.25) is 0 Å². The first-order valence-electron chi connectivity index (χ1n) is 4.57. The van der Waals surface area contributed by atoms with Gasteiger partial charge in [-0.1, -0.05) is 6.07 Å². The van der Waals surface area contributed by atoms with Gasteiger partial charge in [0.15, 0.2) is 5.82 Å². The van der Waals surface area contributed by atoms with Crippen LogP contribution in [0.4, 0.5) is 5.82 Å². The van der Waals surface area contributed by atoms with E-state index in [-0.39, 0.29) is 5.69 Å². The molecule has 0 atom stereocenters. The molecule has 6 heteroatoms. The Morgan fingerprint density at radius 3 is 2.94 bits per heavy atom. The normalized spacial score (nSPS) is 10.1. The standard InChI is InChI=1S/C10H13N5O/c1-11-14-10(16)8-5-4-6-9(13-8)12-7-15(2)3/h4-7H,1H2,2-3H3,(H,14,16). The molecule has 0 saturated heterocycles. The van der Waals surface area contributed by atoms with E-state index < -0.39 is 5.91 Å². The van der Waals surface area contributed by atoms with Crippen LogP contribution in [0.15, 0.2) is 28.3 Å².